The molecule has 1 fully saturated rings. The molecule has 0 saturated carbocycles. The Labute approximate surface area is 118 Å². The summed E-state index contributed by atoms with van der Waals surface area (Å²) in [5.41, 5.74) is 2.10. The Morgan fingerprint density at radius 2 is 2.00 bits per heavy atom. The van der Waals surface area contributed by atoms with Gasteiger partial charge >= 0.3 is 0 Å². The van der Waals surface area contributed by atoms with Crippen molar-refractivity contribution in [2.24, 2.45) is 0 Å². The molecular formula is C16H17N3O. The number of carbonyl (C=O) groups is 1. The van der Waals surface area contributed by atoms with Crippen LogP contribution in [0.5, 0.6) is 0 Å². The molecule has 0 spiro atoms. The van der Waals surface area contributed by atoms with Crippen LogP contribution in [0.4, 0.5) is 0 Å². The molecule has 4 nitrogen and oxygen atoms in total. The molecule has 0 aliphatic carbocycles. The molecular weight excluding hydrogens is 250 g/mol. The molecule has 2 aromatic rings. The van der Waals surface area contributed by atoms with E-state index in [0.29, 0.717) is 6.42 Å². The van der Waals surface area contributed by atoms with E-state index in [4.69, 9.17) is 0 Å². The minimum Gasteiger partial charge on any atom is -0.335 e. The van der Waals surface area contributed by atoms with Crippen LogP contribution in [0, 0.1) is 0 Å². The van der Waals surface area contributed by atoms with E-state index in [9.17, 15) is 4.79 Å². The fraction of sp³-hybridized carbons (Fsp3) is 0.312. The van der Waals surface area contributed by atoms with Crippen LogP contribution in [-0.2, 0) is 11.2 Å². The fourth-order valence-corrected chi connectivity index (χ4v) is 2.76. The number of carbonyl (C=O) groups excluding carboxylic acids is 1. The molecule has 3 heterocycles. The standard InChI is InChI=1S/C16H17N3O/c20-16(10-13-4-1-7-17-11-13)19-9-3-6-15(19)14-5-2-8-18-12-14/h1-2,4-5,7-8,11-12,15H,3,6,9-10H2. The molecule has 0 radical (unpaired) electrons. The minimum atomic E-state index is 0.171. The lowest BCUT2D eigenvalue weighted by Gasteiger charge is -2.25. The molecule has 0 aromatic carbocycles. The van der Waals surface area contributed by atoms with Crippen molar-refractivity contribution in [3.8, 4) is 0 Å². The maximum atomic E-state index is 12.5. The molecule has 0 N–H and O–H groups in total. The van der Waals surface area contributed by atoms with Crippen molar-refractivity contribution in [1.82, 2.24) is 14.9 Å². The first kappa shape index (κ1) is 12.8. The van der Waals surface area contributed by atoms with Crippen LogP contribution in [0.25, 0.3) is 0 Å². The van der Waals surface area contributed by atoms with Gasteiger partial charge in [-0.15, -0.1) is 0 Å². The zero-order valence-corrected chi connectivity index (χ0v) is 11.3. The van der Waals surface area contributed by atoms with Gasteiger partial charge in [0.15, 0.2) is 0 Å². The van der Waals surface area contributed by atoms with Crippen molar-refractivity contribution < 1.29 is 4.79 Å². The highest BCUT2D eigenvalue weighted by Crippen LogP contribution is 2.31. The van der Waals surface area contributed by atoms with Crippen molar-refractivity contribution in [1.29, 1.82) is 0 Å². The third kappa shape index (κ3) is 2.69. The molecule has 20 heavy (non-hydrogen) atoms. The molecule has 3 rings (SSSR count). The number of likely N-dealkylation sites (tertiary alicyclic amines) is 1. The van der Waals surface area contributed by atoms with Gasteiger partial charge in [0.05, 0.1) is 12.5 Å². The van der Waals surface area contributed by atoms with Crippen LogP contribution in [0.3, 0.4) is 0 Å². The Morgan fingerprint density at radius 3 is 2.70 bits per heavy atom. The first-order valence-electron chi connectivity index (χ1n) is 6.93. The third-order valence-corrected chi connectivity index (χ3v) is 3.72. The number of rotatable bonds is 3. The van der Waals surface area contributed by atoms with E-state index >= 15 is 0 Å². The lowest BCUT2D eigenvalue weighted by molar-refractivity contribution is -0.131. The van der Waals surface area contributed by atoms with Gasteiger partial charge in [-0.25, -0.2) is 0 Å². The molecule has 1 aliphatic rings. The second kappa shape index (κ2) is 5.82. The first-order valence-corrected chi connectivity index (χ1v) is 6.93. The highest BCUT2D eigenvalue weighted by Gasteiger charge is 2.29. The quantitative estimate of drug-likeness (QED) is 0.857. The molecule has 1 amide bonds. The maximum absolute atomic E-state index is 12.5. The zero-order valence-electron chi connectivity index (χ0n) is 11.3. The third-order valence-electron chi connectivity index (χ3n) is 3.72. The van der Waals surface area contributed by atoms with Crippen molar-refractivity contribution in [3.05, 3.63) is 60.2 Å². The van der Waals surface area contributed by atoms with Crippen molar-refractivity contribution in [3.63, 3.8) is 0 Å². The highest BCUT2D eigenvalue weighted by atomic mass is 16.2. The molecule has 102 valence electrons. The molecule has 4 heteroatoms. The van der Waals surface area contributed by atoms with Crippen molar-refractivity contribution in [2.45, 2.75) is 25.3 Å². The summed E-state index contributed by atoms with van der Waals surface area (Å²) in [5.74, 6) is 0.171. The smallest absolute Gasteiger partial charge is 0.227 e. The fourth-order valence-electron chi connectivity index (χ4n) is 2.76. The summed E-state index contributed by atoms with van der Waals surface area (Å²) in [6.07, 6.45) is 9.60. The number of aromatic nitrogens is 2. The van der Waals surface area contributed by atoms with Gasteiger partial charge in [0.1, 0.15) is 0 Å². The molecule has 1 atom stereocenters. The van der Waals surface area contributed by atoms with Gasteiger partial charge in [0.25, 0.3) is 0 Å². The van der Waals surface area contributed by atoms with Crippen LogP contribution < -0.4 is 0 Å². The SMILES string of the molecule is O=C(Cc1cccnc1)N1CCCC1c1cccnc1. The van der Waals surface area contributed by atoms with Crippen molar-refractivity contribution >= 4 is 5.91 Å². The van der Waals surface area contributed by atoms with Gasteiger partial charge in [-0.1, -0.05) is 12.1 Å². The predicted molar refractivity (Wildman–Crippen MR) is 75.9 cm³/mol. The van der Waals surface area contributed by atoms with Gasteiger partial charge in [-0.3, -0.25) is 14.8 Å². The average Bonchev–Trinajstić information content (AvgIpc) is 2.99. The molecule has 1 unspecified atom stereocenters. The Bertz CT molecular complexity index is 571. The number of pyridine rings is 2. The Balaban J connectivity index is 1.74. The van der Waals surface area contributed by atoms with E-state index in [1.165, 1.54) is 0 Å². The van der Waals surface area contributed by atoms with Gasteiger partial charge in [0, 0.05) is 31.3 Å². The Kier molecular flexibility index (Phi) is 3.72. The topological polar surface area (TPSA) is 46.1 Å². The summed E-state index contributed by atoms with van der Waals surface area (Å²) in [6.45, 7) is 0.832. The maximum Gasteiger partial charge on any atom is 0.227 e. The number of hydrogen-bond acceptors (Lipinski definition) is 3. The van der Waals surface area contributed by atoms with E-state index in [1.54, 1.807) is 18.6 Å². The summed E-state index contributed by atoms with van der Waals surface area (Å²) in [5, 5.41) is 0. The summed E-state index contributed by atoms with van der Waals surface area (Å²) < 4.78 is 0. The van der Waals surface area contributed by atoms with Gasteiger partial charge < -0.3 is 4.90 Å². The van der Waals surface area contributed by atoms with Crippen LogP contribution >= 0.6 is 0 Å². The highest BCUT2D eigenvalue weighted by molar-refractivity contribution is 5.79. The predicted octanol–water partition coefficient (Wildman–Crippen LogP) is 2.38. The van der Waals surface area contributed by atoms with Gasteiger partial charge in [-0.2, -0.15) is 0 Å². The number of amides is 1. The molecule has 1 aliphatic heterocycles. The largest absolute Gasteiger partial charge is 0.335 e. The van der Waals surface area contributed by atoms with E-state index in [0.717, 1.165) is 30.5 Å². The van der Waals surface area contributed by atoms with E-state index in [2.05, 4.69) is 9.97 Å². The number of nitrogens with zero attached hydrogens (tertiary/aromatic N) is 3. The van der Waals surface area contributed by atoms with Crippen LogP contribution in [0.2, 0.25) is 0 Å². The average molecular weight is 267 g/mol. The second-order valence-electron chi connectivity index (χ2n) is 5.07. The minimum absolute atomic E-state index is 0.171. The van der Waals surface area contributed by atoms with Gasteiger partial charge in [-0.05, 0) is 36.1 Å². The van der Waals surface area contributed by atoms with Crippen LogP contribution in [0.1, 0.15) is 30.0 Å². The van der Waals surface area contributed by atoms with Crippen LogP contribution in [-0.4, -0.2) is 27.3 Å². The summed E-state index contributed by atoms with van der Waals surface area (Å²) in [7, 11) is 0. The normalized spacial score (nSPS) is 18.2. The second-order valence-corrected chi connectivity index (χ2v) is 5.07. The molecule has 1 saturated heterocycles. The molecule has 0 bridgehead atoms. The number of hydrogen-bond donors (Lipinski definition) is 0. The van der Waals surface area contributed by atoms with E-state index in [-0.39, 0.29) is 11.9 Å². The summed E-state index contributed by atoms with van der Waals surface area (Å²) in [4.78, 5) is 22.7. The molecule has 2 aromatic heterocycles. The van der Waals surface area contributed by atoms with E-state index < -0.39 is 0 Å². The zero-order chi connectivity index (χ0) is 13.8. The Morgan fingerprint density at radius 1 is 1.20 bits per heavy atom. The first-order chi connectivity index (χ1) is 9.84. The van der Waals surface area contributed by atoms with Gasteiger partial charge in [0.2, 0.25) is 5.91 Å². The van der Waals surface area contributed by atoms with E-state index in [1.807, 2.05) is 35.4 Å². The van der Waals surface area contributed by atoms with Crippen LogP contribution in [0.15, 0.2) is 49.1 Å². The lowest BCUT2D eigenvalue weighted by Crippen LogP contribution is -2.31. The summed E-state index contributed by atoms with van der Waals surface area (Å²) in [6, 6.07) is 7.96. The van der Waals surface area contributed by atoms with Crippen molar-refractivity contribution in [2.75, 3.05) is 6.54 Å². The lowest BCUT2D eigenvalue weighted by atomic mass is 10.1. The Hall–Kier alpha value is -2.23. The monoisotopic (exact) mass is 267 g/mol. The summed E-state index contributed by atoms with van der Waals surface area (Å²) >= 11 is 0.